The summed E-state index contributed by atoms with van der Waals surface area (Å²) < 4.78 is 4.08. The molecule has 2 aromatic heterocycles. The standard InChI is InChI=1S/C16H17N3O/c1-3-13-9-14(18(2)17-13)10-19-8-7-15-12(11-20)5-4-6-16(15)19/h4-9,11H,3,10H2,1-2H3. The fraction of sp³-hybridized carbons (Fsp3) is 0.250. The van der Waals surface area contributed by atoms with E-state index in [9.17, 15) is 4.79 Å². The van der Waals surface area contributed by atoms with Crippen LogP contribution in [0.25, 0.3) is 10.9 Å². The molecule has 0 saturated carbocycles. The van der Waals surface area contributed by atoms with E-state index in [-0.39, 0.29) is 0 Å². The fourth-order valence-electron chi connectivity index (χ4n) is 2.55. The van der Waals surface area contributed by atoms with Crippen LogP contribution in [-0.2, 0) is 20.0 Å². The lowest BCUT2D eigenvalue weighted by atomic mass is 10.1. The molecule has 0 unspecified atom stereocenters. The van der Waals surface area contributed by atoms with Crippen LogP contribution in [-0.4, -0.2) is 20.6 Å². The molecule has 0 amide bonds. The molecular formula is C16H17N3O. The van der Waals surface area contributed by atoms with Gasteiger partial charge in [-0.3, -0.25) is 9.48 Å². The Hall–Kier alpha value is -2.36. The van der Waals surface area contributed by atoms with Crippen LogP contribution in [0, 0.1) is 0 Å². The third-order valence-corrected chi connectivity index (χ3v) is 3.70. The van der Waals surface area contributed by atoms with Crippen LogP contribution in [0.4, 0.5) is 0 Å². The summed E-state index contributed by atoms with van der Waals surface area (Å²) >= 11 is 0. The zero-order valence-electron chi connectivity index (χ0n) is 11.7. The van der Waals surface area contributed by atoms with Gasteiger partial charge in [0.15, 0.2) is 6.29 Å². The summed E-state index contributed by atoms with van der Waals surface area (Å²) in [6, 6.07) is 9.94. The lowest BCUT2D eigenvalue weighted by Gasteiger charge is -2.06. The first kappa shape index (κ1) is 12.7. The number of aldehydes is 1. The Labute approximate surface area is 117 Å². The van der Waals surface area contributed by atoms with Gasteiger partial charge in [0, 0.05) is 29.7 Å². The highest BCUT2D eigenvalue weighted by molar-refractivity contribution is 5.97. The zero-order chi connectivity index (χ0) is 14.1. The summed E-state index contributed by atoms with van der Waals surface area (Å²) in [6.07, 6.45) is 3.87. The van der Waals surface area contributed by atoms with Gasteiger partial charge >= 0.3 is 0 Å². The topological polar surface area (TPSA) is 39.8 Å². The molecule has 1 aromatic carbocycles. The summed E-state index contributed by atoms with van der Waals surface area (Å²) in [7, 11) is 1.97. The molecule has 0 aliphatic heterocycles. The van der Waals surface area contributed by atoms with Gasteiger partial charge in [0.05, 0.1) is 17.9 Å². The first-order valence-electron chi connectivity index (χ1n) is 6.77. The lowest BCUT2D eigenvalue weighted by molar-refractivity contribution is 0.112. The molecule has 3 rings (SSSR count). The van der Waals surface area contributed by atoms with Gasteiger partial charge in [-0.1, -0.05) is 19.1 Å². The first-order chi connectivity index (χ1) is 9.72. The van der Waals surface area contributed by atoms with Crippen molar-refractivity contribution in [3.8, 4) is 0 Å². The summed E-state index contributed by atoms with van der Waals surface area (Å²) in [5.41, 5.74) is 4.08. The summed E-state index contributed by atoms with van der Waals surface area (Å²) in [6.45, 7) is 2.86. The van der Waals surface area contributed by atoms with Gasteiger partial charge in [-0.15, -0.1) is 0 Å². The third-order valence-electron chi connectivity index (χ3n) is 3.70. The smallest absolute Gasteiger partial charge is 0.150 e. The van der Waals surface area contributed by atoms with Gasteiger partial charge < -0.3 is 4.57 Å². The van der Waals surface area contributed by atoms with Crippen molar-refractivity contribution in [3.05, 3.63) is 53.5 Å². The number of aryl methyl sites for hydroxylation is 2. The quantitative estimate of drug-likeness (QED) is 0.682. The van der Waals surface area contributed by atoms with Crippen molar-refractivity contribution in [2.45, 2.75) is 19.9 Å². The predicted molar refractivity (Wildman–Crippen MR) is 79.0 cm³/mol. The molecule has 3 aromatic rings. The van der Waals surface area contributed by atoms with Crippen molar-refractivity contribution in [1.82, 2.24) is 14.3 Å². The van der Waals surface area contributed by atoms with E-state index < -0.39 is 0 Å². The van der Waals surface area contributed by atoms with Gasteiger partial charge in [0.1, 0.15) is 0 Å². The van der Waals surface area contributed by atoms with Gasteiger partial charge in [0.2, 0.25) is 0 Å². The van der Waals surface area contributed by atoms with E-state index in [1.165, 1.54) is 0 Å². The minimum absolute atomic E-state index is 0.737. The Morgan fingerprint density at radius 1 is 1.30 bits per heavy atom. The molecule has 0 atom stereocenters. The maximum Gasteiger partial charge on any atom is 0.150 e. The number of rotatable bonds is 4. The summed E-state index contributed by atoms with van der Waals surface area (Å²) in [5, 5.41) is 5.47. The normalized spacial score (nSPS) is 11.1. The number of carbonyl (C=O) groups excluding carboxylic acids is 1. The monoisotopic (exact) mass is 267 g/mol. The Kier molecular flexibility index (Phi) is 3.14. The molecule has 0 aliphatic rings. The van der Waals surface area contributed by atoms with Crippen LogP contribution in [0.5, 0.6) is 0 Å². The van der Waals surface area contributed by atoms with Gasteiger partial charge in [-0.05, 0) is 24.6 Å². The van der Waals surface area contributed by atoms with E-state index in [0.717, 1.165) is 47.1 Å². The average Bonchev–Trinajstić information content (AvgIpc) is 3.03. The van der Waals surface area contributed by atoms with E-state index >= 15 is 0 Å². The number of fused-ring (bicyclic) bond motifs is 1. The van der Waals surface area contributed by atoms with Gasteiger partial charge in [0.25, 0.3) is 0 Å². The maximum absolute atomic E-state index is 11.1. The Morgan fingerprint density at radius 3 is 2.85 bits per heavy atom. The number of aromatic nitrogens is 3. The van der Waals surface area contributed by atoms with Crippen LogP contribution in [0.2, 0.25) is 0 Å². The Balaban J connectivity index is 2.02. The minimum Gasteiger partial charge on any atom is -0.341 e. The van der Waals surface area contributed by atoms with Crippen LogP contribution >= 0.6 is 0 Å². The van der Waals surface area contributed by atoms with Crippen LogP contribution in [0.3, 0.4) is 0 Å². The van der Waals surface area contributed by atoms with Crippen molar-refractivity contribution >= 4 is 17.2 Å². The molecule has 4 nitrogen and oxygen atoms in total. The van der Waals surface area contributed by atoms with E-state index in [1.807, 2.05) is 42.2 Å². The summed E-state index contributed by atoms with van der Waals surface area (Å²) in [4.78, 5) is 11.1. The first-order valence-corrected chi connectivity index (χ1v) is 6.77. The molecule has 0 fully saturated rings. The molecule has 2 heterocycles. The number of hydrogen-bond donors (Lipinski definition) is 0. The van der Waals surface area contributed by atoms with E-state index in [1.54, 1.807) is 0 Å². The molecule has 20 heavy (non-hydrogen) atoms. The molecule has 0 spiro atoms. The Morgan fingerprint density at radius 2 is 2.15 bits per heavy atom. The van der Waals surface area contributed by atoms with E-state index in [4.69, 9.17) is 0 Å². The predicted octanol–water partition coefficient (Wildman–Crippen LogP) is 2.80. The van der Waals surface area contributed by atoms with Crippen molar-refractivity contribution in [1.29, 1.82) is 0 Å². The van der Waals surface area contributed by atoms with Crippen LogP contribution in [0.15, 0.2) is 36.5 Å². The largest absolute Gasteiger partial charge is 0.341 e. The molecular weight excluding hydrogens is 250 g/mol. The Bertz CT molecular complexity index is 767. The molecule has 0 radical (unpaired) electrons. The minimum atomic E-state index is 0.737. The highest BCUT2D eigenvalue weighted by Crippen LogP contribution is 2.20. The lowest BCUT2D eigenvalue weighted by Crippen LogP contribution is -2.04. The summed E-state index contributed by atoms with van der Waals surface area (Å²) in [5.74, 6) is 0. The number of nitrogens with zero attached hydrogens (tertiary/aromatic N) is 3. The van der Waals surface area contributed by atoms with Crippen molar-refractivity contribution in [2.75, 3.05) is 0 Å². The second kappa shape index (κ2) is 4.96. The van der Waals surface area contributed by atoms with Crippen molar-refractivity contribution in [2.24, 2.45) is 7.05 Å². The highest BCUT2D eigenvalue weighted by atomic mass is 16.1. The van der Waals surface area contributed by atoms with Crippen LogP contribution in [0.1, 0.15) is 28.7 Å². The van der Waals surface area contributed by atoms with E-state index in [0.29, 0.717) is 0 Å². The second-order valence-electron chi connectivity index (χ2n) is 4.95. The fourth-order valence-corrected chi connectivity index (χ4v) is 2.55. The SMILES string of the molecule is CCc1cc(Cn2ccc3c(C=O)cccc32)n(C)n1. The molecule has 0 aliphatic carbocycles. The van der Waals surface area contributed by atoms with Crippen molar-refractivity contribution in [3.63, 3.8) is 0 Å². The molecule has 4 heteroatoms. The number of benzene rings is 1. The highest BCUT2D eigenvalue weighted by Gasteiger charge is 2.08. The number of hydrogen-bond acceptors (Lipinski definition) is 2. The third kappa shape index (κ3) is 2.03. The number of carbonyl (C=O) groups is 1. The molecule has 0 saturated heterocycles. The maximum atomic E-state index is 11.1. The van der Waals surface area contributed by atoms with Gasteiger partial charge in [-0.2, -0.15) is 5.10 Å². The van der Waals surface area contributed by atoms with Gasteiger partial charge in [-0.25, -0.2) is 0 Å². The van der Waals surface area contributed by atoms with E-state index in [2.05, 4.69) is 22.7 Å². The second-order valence-corrected chi connectivity index (χ2v) is 4.95. The molecule has 102 valence electrons. The van der Waals surface area contributed by atoms with Crippen LogP contribution < -0.4 is 0 Å². The van der Waals surface area contributed by atoms with Crippen molar-refractivity contribution < 1.29 is 4.79 Å². The average molecular weight is 267 g/mol. The molecule has 0 bridgehead atoms. The molecule has 0 N–H and O–H groups in total. The zero-order valence-corrected chi connectivity index (χ0v) is 11.7.